The van der Waals surface area contributed by atoms with Gasteiger partial charge in [0.05, 0.1) is 5.41 Å². The number of nitrogens with two attached hydrogens (primary N) is 1. The maximum atomic E-state index is 12.5. The van der Waals surface area contributed by atoms with Crippen molar-refractivity contribution in [3.05, 3.63) is 29.8 Å². The molecule has 0 aromatic heterocycles. The first-order valence-corrected chi connectivity index (χ1v) is 6.37. The van der Waals surface area contributed by atoms with Gasteiger partial charge in [-0.25, -0.2) is 0 Å². The molecule has 0 radical (unpaired) electrons. The number of rotatable bonds is 5. The molecule has 102 valence electrons. The van der Waals surface area contributed by atoms with Crippen LogP contribution in [0.15, 0.2) is 24.3 Å². The summed E-state index contributed by atoms with van der Waals surface area (Å²) in [5.41, 5.74) is 6.70. The number of benzene rings is 1. The number of amides is 1. The molecule has 0 spiro atoms. The van der Waals surface area contributed by atoms with Crippen molar-refractivity contribution in [1.82, 2.24) is 4.90 Å². The van der Waals surface area contributed by atoms with Crippen molar-refractivity contribution in [3.8, 4) is 0 Å². The number of carbonyl (C=O) groups is 2. The molecule has 0 unspecified atom stereocenters. The summed E-state index contributed by atoms with van der Waals surface area (Å²) >= 11 is 0. The fraction of sp³-hybridized carbons (Fsp3) is 0.429. The van der Waals surface area contributed by atoms with Crippen LogP contribution in [-0.2, 0) is 15.0 Å². The van der Waals surface area contributed by atoms with Gasteiger partial charge in [0, 0.05) is 12.2 Å². The van der Waals surface area contributed by atoms with E-state index in [9.17, 15) is 9.59 Å². The van der Waals surface area contributed by atoms with Gasteiger partial charge in [0.15, 0.2) is 0 Å². The Hall–Kier alpha value is -2.04. The Labute approximate surface area is 112 Å². The minimum atomic E-state index is -0.983. The van der Waals surface area contributed by atoms with E-state index in [1.165, 1.54) is 4.90 Å². The Balaban J connectivity index is 2.22. The van der Waals surface area contributed by atoms with E-state index in [2.05, 4.69) is 0 Å². The zero-order chi connectivity index (χ0) is 14.0. The number of hydrogen-bond acceptors (Lipinski definition) is 3. The number of carboxylic acids is 1. The number of nitrogens with zero attached hydrogens (tertiary/aromatic N) is 1. The van der Waals surface area contributed by atoms with Crippen LogP contribution in [0, 0.1) is 0 Å². The molecule has 1 aliphatic carbocycles. The molecule has 0 aliphatic heterocycles. The zero-order valence-electron chi connectivity index (χ0n) is 10.9. The molecule has 19 heavy (non-hydrogen) atoms. The Morgan fingerprint density at radius 3 is 2.32 bits per heavy atom. The summed E-state index contributed by atoms with van der Waals surface area (Å²) < 4.78 is 0. The maximum Gasteiger partial charge on any atom is 0.323 e. The third-order valence-electron chi connectivity index (χ3n) is 3.62. The highest BCUT2D eigenvalue weighted by Gasteiger charge is 2.52. The number of likely N-dealkylation sites (N-methyl/N-ethyl adjacent to an activating group) is 1. The van der Waals surface area contributed by atoms with Crippen LogP contribution < -0.4 is 5.73 Å². The SMILES string of the molecule is CCN(CC(=O)O)C(=O)C1(c2ccc(N)cc2)CC1. The van der Waals surface area contributed by atoms with Crippen molar-refractivity contribution in [2.75, 3.05) is 18.8 Å². The average Bonchev–Trinajstić information content (AvgIpc) is 3.17. The molecule has 0 bridgehead atoms. The van der Waals surface area contributed by atoms with Gasteiger partial charge in [-0.3, -0.25) is 9.59 Å². The van der Waals surface area contributed by atoms with E-state index in [0.29, 0.717) is 12.2 Å². The van der Waals surface area contributed by atoms with Crippen LogP contribution in [0.4, 0.5) is 5.69 Å². The number of nitrogen functional groups attached to an aromatic ring is 1. The van der Waals surface area contributed by atoms with Crippen LogP contribution in [0.3, 0.4) is 0 Å². The largest absolute Gasteiger partial charge is 0.480 e. The van der Waals surface area contributed by atoms with Gasteiger partial charge >= 0.3 is 5.97 Å². The summed E-state index contributed by atoms with van der Waals surface area (Å²) in [6.07, 6.45) is 1.54. The van der Waals surface area contributed by atoms with E-state index in [4.69, 9.17) is 10.8 Å². The topological polar surface area (TPSA) is 83.6 Å². The second-order valence-corrected chi connectivity index (χ2v) is 4.92. The summed E-state index contributed by atoms with van der Waals surface area (Å²) in [5.74, 6) is -1.08. The lowest BCUT2D eigenvalue weighted by Crippen LogP contribution is -2.42. The number of hydrogen-bond donors (Lipinski definition) is 2. The van der Waals surface area contributed by atoms with E-state index >= 15 is 0 Å². The van der Waals surface area contributed by atoms with Crippen molar-refractivity contribution in [2.24, 2.45) is 0 Å². The standard InChI is InChI=1S/C14H18N2O3/c1-2-16(9-12(17)18)13(19)14(7-8-14)10-3-5-11(15)6-4-10/h3-6H,2,7-9,15H2,1H3,(H,17,18). The minimum Gasteiger partial charge on any atom is -0.480 e. The van der Waals surface area contributed by atoms with Crippen LogP contribution in [0.1, 0.15) is 25.3 Å². The monoisotopic (exact) mass is 262 g/mol. The van der Waals surface area contributed by atoms with Gasteiger partial charge in [0.25, 0.3) is 0 Å². The van der Waals surface area contributed by atoms with Gasteiger partial charge in [0.1, 0.15) is 6.54 Å². The molecular weight excluding hydrogens is 244 g/mol. The Kier molecular flexibility index (Phi) is 3.46. The maximum absolute atomic E-state index is 12.5. The lowest BCUT2D eigenvalue weighted by Gasteiger charge is -2.25. The predicted octanol–water partition coefficient (Wildman–Crippen LogP) is 1.23. The molecule has 3 N–H and O–H groups in total. The van der Waals surface area contributed by atoms with Crippen LogP contribution in [-0.4, -0.2) is 35.0 Å². The molecule has 0 atom stereocenters. The fourth-order valence-electron chi connectivity index (χ4n) is 2.35. The average molecular weight is 262 g/mol. The molecule has 1 saturated carbocycles. The lowest BCUT2D eigenvalue weighted by molar-refractivity contribution is -0.145. The summed E-state index contributed by atoms with van der Waals surface area (Å²) in [6.45, 7) is 1.95. The van der Waals surface area contributed by atoms with E-state index in [1.807, 2.05) is 12.1 Å². The summed E-state index contributed by atoms with van der Waals surface area (Å²) in [6, 6.07) is 7.26. The van der Waals surface area contributed by atoms with Crippen LogP contribution in [0.5, 0.6) is 0 Å². The molecule has 1 aliphatic rings. The van der Waals surface area contributed by atoms with E-state index in [0.717, 1.165) is 18.4 Å². The first kappa shape index (κ1) is 13.4. The van der Waals surface area contributed by atoms with Gasteiger partial charge < -0.3 is 15.7 Å². The Bertz CT molecular complexity index is 492. The molecule has 2 rings (SSSR count). The molecule has 0 heterocycles. The Morgan fingerprint density at radius 1 is 1.32 bits per heavy atom. The predicted molar refractivity (Wildman–Crippen MR) is 71.7 cm³/mol. The van der Waals surface area contributed by atoms with Crippen molar-refractivity contribution in [3.63, 3.8) is 0 Å². The smallest absolute Gasteiger partial charge is 0.323 e. The number of anilines is 1. The van der Waals surface area contributed by atoms with E-state index in [-0.39, 0.29) is 12.5 Å². The van der Waals surface area contributed by atoms with Crippen LogP contribution in [0.25, 0.3) is 0 Å². The quantitative estimate of drug-likeness (QED) is 0.782. The summed E-state index contributed by atoms with van der Waals surface area (Å²) in [4.78, 5) is 24.7. The van der Waals surface area contributed by atoms with Crippen LogP contribution >= 0.6 is 0 Å². The fourth-order valence-corrected chi connectivity index (χ4v) is 2.35. The van der Waals surface area contributed by atoms with Gasteiger partial charge in [-0.15, -0.1) is 0 Å². The molecule has 1 aromatic carbocycles. The highest BCUT2D eigenvalue weighted by atomic mass is 16.4. The zero-order valence-corrected chi connectivity index (χ0v) is 10.9. The third kappa shape index (κ3) is 2.54. The van der Waals surface area contributed by atoms with Crippen LogP contribution in [0.2, 0.25) is 0 Å². The number of carboxylic acid groups (broad SMARTS) is 1. The van der Waals surface area contributed by atoms with Gasteiger partial charge in [-0.2, -0.15) is 0 Å². The molecular formula is C14H18N2O3. The van der Waals surface area contributed by atoms with Crippen molar-refractivity contribution < 1.29 is 14.7 Å². The van der Waals surface area contributed by atoms with Crippen molar-refractivity contribution in [1.29, 1.82) is 0 Å². The number of aliphatic carboxylic acids is 1. The second-order valence-electron chi connectivity index (χ2n) is 4.92. The second kappa shape index (κ2) is 4.91. The third-order valence-corrected chi connectivity index (χ3v) is 3.62. The first-order chi connectivity index (χ1) is 8.99. The summed E-state index contributed by atoms with van der Waals surface area (Å²) in [7, 11) is 0. The van der Waals surface area contributed by atoms with Gasteiger partial charge in [-0.05, 0) is 37.5 Å². The highest BCUT2D eigenvalue weighted by molar-refractivity contribution is 5.93. The van der Waals surface area contributed by atoms with Gasteiger partial charge in [-0.1, -0.05) is 12.1 Å². The summed E-state index contributed by atoms with van der Waals surface area (Å²) in [5, 5.41) is 8.85. The molecule has 5 heteroatoms. The lowest BCUT2D eigenvalue weighted by atomic mass is 9.94. The first-order valence-electron chi connectivity index (χ1n) is 6.37. The van der Waals surface area contributed by atoms with E-state index < -0.39 is 11.4 Å². The molecule has 1 amide bonds. The molecule has 0 saturated heterocycles. The Morgan fingerprint density at radius 2 is 1.89 bits per heavy atom. The van der Waals surface area contributed by atoms with Gasteiger partial charge in [0.2, 0.25) is 5.91 Å². The molecule has 5 nitrogen and oxygen atoms in total. The van der Waals surface area contributed by atoms with Crippen molar-refractivity contribution in [2.45, 2.75) is 25.2 Å². The number of carbonyl (C=O) groups excluding carboxylic acids is 1. The molecule has 1 aromatic rings. The van der Waals surface area contributed by atoms with Crippen molar-refractivity contribution >= 4 is 17.6 Å². The molecule has 1 fully saturated rings. The minimum absolute atomic E-state index is 0.0952. The normalized spacial score (nSPS) is 15.8. The van der Waals surface area contributed by atoms with E-state index in [1.54, 1.807) is 19.1 Å². The highest BCUT2D eigenvalue weighted by Crippen LogP contribution is 2.49.